The lowest BCUT2D eigenvalue weighted by atomic mass is 10.0. The molecule has 1 aliphatic heterocycles. The zero-order chi connectivity index (χ0) is 10.7. The third-order valence-corrected chi connectivity index (χ3v) is 3.53. The van der Waals surface area contributed by atoms with E-state index in [0.29, 0.717) is 25.1 Å². The van der Waals surface area contributed by atoms with Crippen LogP contribution in [-0.4, -0.2) is 50.2 Å². The van der Waals surface area contributed by atoms with Gasteiger partial charge in [0.05, 0.1) is 6.54 Å². The number of nitrogens with zero attached hydrogens (tertiary/aromatic N) is 1. The Morgan fingerprint density at radius 1 is 1.53 bits per heavy atom. The third kappa shape index (κ3) is 2.49. The predicted molar refractivity (Wildman–Crippen MR) is 57.6 cm³/mol. The molecule has 0 bridgehead atoms. The summed E-state index contributed by atoms with van der Waals surface area (Å²) in [5.41, 5.74) is 0. The second kappa shape index (κ2) is 4.94. The van der Waals surface area contributed by atoms with E-state index in [1.54, 1.807) is 0 Å². The van der Waals surface area contributed by atoms with Crippen LogP contribution in [0, 0.1) is 5.92 Å². The molecule has 2 rings (SSSR count). The fourth-order valence-electron chi connectivity index (χ4n) is 2.85. The van der Waals surface area contributed by atoms with Crippen molar-refractivity contribution in [2.45, 2.75) is 25.3 Å². The molecule has 0 amide bonds. The Kier molecular flexibility index (Phi) is 3.59. The summed E-state index contributed by atoms with van der Waals surface area (Å²) in [6.45, 7) is 3.04. The molecule has 1 N–H and O–H groups in total. The van der Waals surface area contributed by atoms with Crippen molar-refractivity contribution in [2.24, 2.45) is 5.92 Å². The smallest absolute Gasteiger partial charge is 0.320 e. The largest absolute Gasteiger partial charge is 0.463 e. The summed E-state index contributed by atoms with van der Waals surface area (Å²) in [7, 11) is 2.00. The van der Waals surface area contributed by atoms with Gasteiger partial charge in [0.15, 0.2) is 0 Å². The van der Waals surface area contributed by atoms with Gasteiger partial charge in [-0.05, 0) is 32.4 Å². The molecule has 0 aromatic rings. The summed E-state index contributed by atoms with van der Waals surface area (Å²) in [6.07, 6.45) is 3.82. The monoisotopic (exact) mass is 212 g/mol. The Bertz CT molecular complexity index is 233. The van der Waals surface area contributed by atoms with Gasteiger partial charge < -0.3 is 10.1 Å². The molecule has 2 fully saturated rings. The maximum Gasteiger partial charge on any atom is 0.320 e. The molecule has 86 valence electrons. The van der Waals surface area contributed by atoms with Crippen LogP contribution in [0.25, 0.3) is 0 Å². The normalized spacial score (nSPS) is 33.0. The highest BCUT2D eigenvalue weighted by atomic mass is 16.5. The number of hydrogen-bond donors (Lipinski definition) is 1. The lowest BCUT2D eigenvalue weighted by Gasteiger charge is -2.34. The molecule has 1 saturated carbocycles. The van der Waals surface area contributed by atoms with Crippen molar-refractivity contribution in [1.82, 2.24) is 10.2 Å². The van der Waals surface area contributed by atoms with E-state index in [9.17, 15) is 4.79 Å². The maximum absolute atomic E-state index is 11.2. The molecule has 0 radical (unpaired) electrons. The Morgan fingerprint density at radius 2 is 2.40 bits per heavy atom. The minimum absolute atomic E-state index is 0.0589. The number of esters is 1. The number of carbonyl (C=O) groups is 1. The van der Waals surface area contributed by atoms with Crippen LogP contribution in [-0.2, 0) is 9.53 Å². The Balaban J connectivity index is 1.93. The van der Waals surface area contributed by atoms with E-state index < -0.39 is 0 Å². The third-order valence-electron chi connectivity index (χ3n) is 3.53. The van der Waals surface area contributed by atoms with Gasteiger partial charge in [0.2, 0.25) is 0 Å². The van der Waals surface area contributed by atoms with Gasteiger partial charge in [0, 0.05) is 12.6 Å². The quantitative estimate of drug-likeness (QED) is 0.680. The van der Waals surface area contributed by atoms with Gasteiger partial charge in [-0.15, -0.1) is 0 Å². The van der Waals surface area contributed by atoms with Crippen molar-refractivity contribution >= 4 is 5.97 Å². The van der Waals surface area contributed by atoms with Gasteiger partial charge in [-0.2, -0.15) is 0 Å². The van der Waals surface area contributed by atoms with E-state index in [-0.39, 0.29) is 5.97 Å². The van der Waals surface area contributed by atoms with Crippen LogP contribution < -0.4 is 5.32 Å². The van der Waals surface area contributed by atoms with Gasteiger partial charge in [0.25, 0.3) is 0 Å². The number of hydrogen-bond acceptors (Lipinski definition) is 4. The number of ether oxygens (including phenoxy) is 1. The summed E-state index contributed by atoms with van der Waals surface area (Å²) in [4.78, 5) is 13.5. The van der Waals surface area contributed by atoms with E-state index in [1.807, 2.05) is 7.05 Å². The summed E-state index contributed by atoms with van der Waals surface area (Å²) < 4.78 is 4.97. The topological polar surface area (TPSA) is 41.6 Å². The summed E-state index contributed by atoms with van der Waals surface area (Å²) in [5, 5.41) is 3.25. The number of rotatable bonds is 3. The molecule has 0 aromatic heterocycles. The molecule has 4 heteroatoms. The first-order valence-electron chi connectivity index (χ1n) is 5.85. The molecule has 4 nitrogen and oxygen atoms in total. The van der Waals surface area contributed by atoms with Crippen LogP contribution in [0.4, 0.5) is 0 Å². The lowest BCUT2D eigenvalue weighted by molar-refractivity contribution is -0.152. The van der Waals surface area contributed by atoms with Gasteiger partial charge >= 0.3 is 5.97 Å². The summed E-state index contributed by atoms with van der Waals surface area (Å²) in [5.74, 6) is 0.650. The van der Waals surface area contributed by atoms with Crippen molar-refractivity contribution in [3.05, 3.63) is 0 Å². The first-order valence-corrected chi connectivity index (χ1v) is 5.85. The summed E-state index contributed by atoms with van der Waals surface area (Å²) in [6, 6.07) is 0.588. The van der Waals surface area contributed by atoms with E-state index in [4.69, 9.17) is 4.74 Å². The van der Waals surface area contributed by atoms with Crippen molar-refractivity contribution in [1.29, 1.82) is 0 Å². The highest BCUT2D eigenvalue weighted by Crippen LogP contribution is 2.29. The summed E-state index contributed by atoms with van der Waals surface area (Å²) >= 11 is 0. The molecule has 2 aliphatic rings. The van der Waals surface area contributed by atoms with Crippen LogP contribution in [0.5, 0.6) is 0 Å². The SMILES string of the molecule is CNCC1CCCC1N1CCOC(=O)C1. The minimum Gasteiger partial charge on any atom is -0.463 e. The van der Waals surface area contributed by atoms with Gasteiger partial charge in [-0.3, -0.25) is 9.69 Å². The van der Waals surface area contributed by atoms with E-state index in [0.717, 1.165) is 13.1 Å². The number of morpholine rings is 1. The predicted octanol–water partition coefficient (Wildman–Crippen LogP) is 0.233. The minimum atomic E-state index is -0.0589. The Morgan fingerprint density at radius 3 is 3.13 bits per heavy atom. The van der Waals surface area contributed by atoms with Crippen LogP contribution in [0.3, 0.4) is 0 Å². The van der Waals surface area contributed by atoms with Crippen molar-refractivity contribution < 1.29 is 9.53 Å². The second-order valence-corrected chi connectivity index (χ2v) is 4.51. The second-order valence-electron chi connectivity index (χ2n) is 4.51. The zero-order valence-corrected chi connectivity index (χ0v) is 9.37. The zero-order valence-electron chi connectivity index (χ0n) is 9.37. The molecule has 2 unspecified atom stereocenters. The number of carbonyl (C=O) groups excluding carboxylic acids is 1. The molecule has 1 aliphatic carbocycles. The van der Waals surface area contributed by atoms with Gasteiger partial charge in [-0.1, -0.05) is 6.42 Å². The van der Waals surface area contributed by atoms with Crippen LogP contribution >= 0.6 is 0 Å². The van der Waals surface area contributed by atoms with Crippen LogP contribution in [0.1, 0.15) is 19.3 Å². The molecule has 2 atom stereocenters. The maximum atomic E-state index is 11.2. The van der Waals surface area contributed by atoms with Gasteiger partial charge in [0.1, 0.15) is 6.61 Å². The van der Waals surface area contributed by atoms with E-state index >= 15 is 0 Å². The van der Waals surface area contributed by atoms with Gasteiger partial charge in [-0.25, -0.2) is 0 Å². The molecule has 0 spiro atoms. The molecular formula is C11H20N2O2. The lowest BCUT2D eigenvalue weighted by Crippen LogP contribution is -2.48. The molecule has 0 aromatic carbocycles. The Hall–Kier alpha value is -0.610. The highest BCUT2D eigenvalue weighted by molar-refractivity contribution is 5.72. The van der Waals surface area contributed by atoms with Crippen LogP contribution in [0.15, 0.2) is 0 Å². The van der Waals surface area contributed by atoms with E-state index in [2.05, 4.69) is 10.2 Å². The molecule has 15 heavy (non-hydrogen) atoms. The van der Waals surface area contributed by atoms with Crippen molar-refractivity contribution in [2.75, 3.05) is 33.3 Å². The average molecular weight is 212 g/mol. The highest BCUT2D eigenvalue weighted by Gasteiger charge is 2.34. The Labute approximate surface area is 91.0 Å². The first-order chi connectivity index (χ1) is 7.31. The number of cyclic esters (lactones) is 1. The van der Waals surface area contributed by atoms with E-state index in [1.165, 1.54) is 19.3 Å². The molecule has 1 saturated heterocycles. The first kappa shape index (κ1) is 10.9. The van der Waals surface area contributed by atoms with Crippen molar-refractivity contribution in [3.63, 3.8) is 0 Å². The van der Waals surface area contributed by atoms with Crippen molar-refractivity contribution in [3.8, 4) is 0 Å². The standard InChI is InChI=1S/C11H20N2O2/c1-12-7-9-3-2-4-10(9)13-5-6-15-11(14)8-13/h9-10,12H,2-8H2,1H3. The molecular weight excluding hydrogens is 192 g/mol. The molecule has 1 heterocycles. The average Bonchev–Trinajstić information content (AvgIpc) is 2.66. The number of nitrogens with one attached hydrogen (secondary N) is 1. The fourth-order valence-corrected chi connectivity index (χ4v) is 2.85. The van der Waals surface area contributed by atoms with Crippen LogP contribution in [0.2, 0.25) is 0 Å². The fraction of sp³-hybridized carbons (Fsp3) is 0.909.